The Labute approximate surface area is 85.4 Å². The number of ether oxygens (including phenoxy) is 1. The van der Waals surface area contributed by atoms with E-state index in [1.807, 2.05) is 0 Å². The average molecular weight is 222 g/mol. The van der Waals surface area contributed by atoms with Crippen LogP contribution in [0.25, 0.3) is 0 Å². The van der Waals surface area contributed by atoms with Crippen molar-refractivity contribution in [2.24, 2.45) is 0 Å². The van der Waals surface area contributed by atoms with Crippen LogP contribution in [0, 0.1) is 0 Å². The number of methoxy groups -OCH3 is 1. The maximum absolute atomic E-state index is 11.4. The molecule has 0 atom stereocenters. The Balaban J connectivity index is 2.26. The van der Waals surface area contributed by atoms with Crippen molar-refractivity contribution in [3.63, 3.8) is 0 Å². The van der Waals surface area contributed by atoms with Gasteiger partial charge in [-0.15, -0.1) is 0 Å². The Kier molecular flexibility index (Phi) is 4.80. The monoisotopic (exact) mass is 222 g/mol. The van der Waals surface area contributed by atoms with Crippen LogP contribution in [-0.2, 0) is 14.9 Å². The standard InChI is InChI=1S/C8H18N2O3S/c1-13-7-6-9-14(11,12)10-8-4-2-3-5-8/h8-10H,2-7H2,1H3. The predicted octanol–water partition coefficient (Wildman–Crippen LogP) is -0.000600. The minimum Gasteiger partial charge on any atom is -0.383 e. The second kappa shape index (κ2) is 5.65. The van der Waals surface area contributed by atoms with Crippen molar-refractivity contribution in [2.45, 2.75) is 31.7 Å². The van der Waals surface area contributed by atoms with E-state index in [0.29, 0.717) is 13.2 Å². The highest BCUT2D eigenvalue weighted by Gasteiger charge is 2.20. The molecule has 1 fully saturated rings. The fraction of sp³-hybridized carbons (Fsp3) is 1.00. The fourth-order valence-electron chi connectivity index (χ4n) is 1.58. The first kappa shape index (κ1) is 11.9. The zero-order valence-electron chi connectivity index (χ0n) is 8.45. The van der Waals surface area contributed by atoms with Crippen LogP contribution in [0.1, 0.15) is 25.7 Å². The predicted molar refractivity (Wildman–Crippen MR) is 54.2 cm³/mol. The van der Waals surface area contributed by atoms with Gasteiger partial charge < -0.3 is 4.74 Å². The van der Waals surface area contributed by atoms with Gasteiger partial charge >= 0.3 is 0 Å². The van der Waals surface area contributed by atoms with E-state index in [1.165, 1.54) is 0 Å². The molecule has 0 saturated heterocycles. The van der Waals surface area contributed by atoms with Gasteiger partial charge in [-0.3, -0.25) is 0 Å². The minimum atomic E-state index is -3.32. The lowest BCUT2D eigenvalue weighted by Crippen LogP contribution is -2.42. The highest BCUT2D eigenvalue weighted by molar-refractivity contribution is 7.87. The topological polar surface area (TPSA) is 67.4 Å². The summed E-state index contributed by atoms with van der Waals surface area (Å²) in [6.07, 6.45) is 4.13. The Morgan fingerprint density at radius 3 is 2.57 bits per heavy atom. The summed E-state index contributed by atoms with van der Waals surface area (Å²) in [5, 5.41) is 0. The van der Waals surface area contributed by atoms with Gasteiger partial charge in [0, 0.05) is 19.7 Å². The van der Waals surface area contributed by atoms with Crippen molar-refractivity contribution in [3.05, 3.63) is 0 Å². The van der Waals surface area contributed by atoms with Crippen LogP contribution in [0.15, 0.2) is 0 Å². The molecule has 0 aromatic rings. The second-order valence-corrected chi connectivity index (χ2v) is 5.02. The summed E-state index contributed by atoms with van der Waals surface area (Å²) in [6, 6.07) is 0.120. The first-order chi connectivity index (χ1) is 6.64. The zero-order valence-corrected chi connectivity index (χ0v) is 9.27. The van der Waals surface area contributed by atoms with Crippen LogP contribution in [-0.4, -0.2) is 34.7 Å². The quantitative estimate of drug-likeness (QED) is 0.622. The summed E-state index contributed by atoms with van der Waals surface area (Å²) < 4.78 is 32.6. The molecule has 0 heterocycles. The smallest absolute Gasteiger partial charge is 0.277 e. The van der Waals surface area contributed by atoms with Crippen molar-refractivity contribution in [3.8, 4) is 0 Å². The highest BCUT2D eigenvalue weighted by Crippen LogP contribution is 2.17. The third kappa shape index (κ3) is 4.36. The van der Waals surface area contributed by atoms with E-state index in [1.54, 1.807) is 7.11 Å². The Morgan fingerprint density at radius 1 is 1.36 bits per heavy atom. The van der Waals surface area contributed by atoms with Gasteiger partial charge in [0.05, 0.1) is 6.61 Å². The summed E-state index contributed by atoms with van der Waals surface area (Å²) in [6.45, 7) is 0.712. The Hall–Kier alpha value is -0.170. The summed E-state index contributed by atoms with van der Waals surface area (Å²) in [7, 11) is -1.78. The maximum atomic E-state index is 11.4. The van der Waals surface area contributed by atoms with Crippen molar-refractivity contribution < 1.29 is 13.2 Å². The van der Waals surface area contributed by atoms with Gasteiger partial charge in [-0.1, -0.05) is 12.8 Å². The lowest BCUT2D eigenvalue weighted by Gasteiger charge is -2.12. The first-order valence-corrected chi connectivity index (χ1v) is 6.38. The molecule has 0 unspecified atom stereocenters. The summed E-state index contributed by atoms with van der Waals surface area (Å²) >= 11 is 0. The molecule has 0 radical (unpaired) electrons. The highest BCUT2D eigenvalue weighted by atomic mass is 32.2. The lowest BCUT2D eigenvalue weighted by molar-refractivity contribution is 0.204. The number of nitrogens with one attached hydrogen (secondary N) is 2. The Bertz CT molecular complexity index is 247. The molecular weight excluding hydrogens is 204 g/mol. The van der Waals surface area contributed by atoms with Gasteiger partial charge in [0.1, 0.15) is 0 Å². The SMILES string of the molecule is COCCNS(=O)(=O)NC1CCCC1. The molecule has 0 bridgehead atoms. The van der Waals surface area contributed by atoms with E-state index < -0.39 is 10.2 Å². The number of hydrogen-bond donors (Lipinski definition) is 2. The van der Waals surface area contributed by atoms with Crippen LogP contribution in [0.3, 0.4) is 0 Å². The summed E-state index contributed by atoms with van der Waals surface area (Å²) in [5.41, 5.74) is 0. The third-order valence-corrected chi connectivity index (χ3v) is 3.50. The Morgan fingerprint density at radius 2 is 2.00 bits per heavy atom. The molecule has 0 aromatic carbocycles. The number of rotatable bonds is 6. The molecule has 6 heteroatoms. The van der Waals surface area contributed by atoms with E-state index in [0.717, 1.165) is 25.7 Å². The lowest BCUT2D eigenvalue weighted by atomic mass is 10.3. The molecule has 1 aliphatic rings. The normalized spacial score (nSPS) is 18.9. The molecule has 0 spiro atoms. The summed E-state index contributed by atoms with van der Waals surface area (Å²) in [5.74, 6) is 0. The molecule has 5 nitrogen and oxygen atoms in total. The number of hydrogen-bond acceptors (Lipinski definition) is 3. The molecule has 0 aliphatic heterocycles. The van der Waals surface area contributed by atoms with Crippen molar-refractivity contribution in [1.29, 1.82) is 0 Å². The van der Waals surface area contributed by atoms with E-state index in [2.05, 4.69) is 9.44 Å². The van der Waals surface area contributed by atoms with Gasteiger partial charge in [0.25, 0.3) is 10.2 Å². The minimum absolute atomic E-state index is 0.120. The molecule has 1 saturated carbocycles. The summed E-state index contributed by atoms with van der Waals surface area (Å²) in [4.78, 5) is 0. The maximum Gasteiger partial charge on any atom is 0.277 e. The molecule has 1 rings (SSSR count). The van der Waals surface area contributed by atoms with Gasteiger partial charge in [-0.2, -0.15) is 17.9 Å². The van der Waals surface area contributed by atoms with E-state index >= 15 is 0 Å². The van der Waals surface area contributed by atoms with Gasteiger partial charge in [-0.05, 0) is 12.8 Å². The van der Waals surface area contributed by atoms with E-state index in [4.69, 9.17) is 4.74 Å². The zero-order chi connectivity index (χ0) is 10.4. The van der Waals surface area contributed by atoms with Crippen LogP contribution in [0.2, 0.25) is 0 Å². The third-order valence-electron chi connectivity index (χ3n) is 2.28. The van der Waals surface area contributed by atoms with Crippen molar-refractivity contribution >= 4 is 10.2 Å². The van der Waals surface area contributed by atoms with Gasteiger partial charge in [-0.25, -0.2) is 0 Å². The van der Waals surface area contributed by atoms with Crippen LogP contribution in [0.4, 0.5) is 0 Å². The van der Waals surface area contributed by atoms with Crippen molar-refractivity contribution in [2.75, 3.05) is 20.3 Å². The molecule has 84 valence electrons. The molecule has 14 heavy (non-hydrogen) atoms. The van der Waals surface area contributed by atoms with Gasteiger partial charge in [0.2, 0.25) is 0 Å². The average Bonchev–Trinajstić information content (AvgIpc) is 2.56. The van der Waals surface area contributed by atoms with Crippen LogP contribution >= 0.6 is 0 Å². The molecule has 0 amide bonds. The van der Waals surface area contributed by atoms with Crippen molar-refractivity contribution in [1.82, 2.24) is 9.44 Å². The molecule has 1 aliphatic carbocycles. The molecule has 2 N–H and O–H groups in total. The fourth-order valence-corrected chi connectivity index (χ4v) is 2.69. The molecular formula is C8H18N2O3S. The van der Waals surface area contributed by atoms with Crippen LogP contribution in [0.5, 0.6) is 0 Å². The second-order valence-electron chi connectivity index (χ2n) is 3.49. The largest absolute Gasteiger partial charge is 0.383 e. The van der Waals surface area contributed by atoms with Crippen LogP contribution < -0.4 is 9.44 Å². The first-order valence-electron chi connectivity index (χ1n) is 4.90. The molecule has 0 aromatic heterocycles. The van der Waals surface area contributed by atoms with Gasteiger partial charge in [0.15, 0.2) is 0 Å². The van der Waals surface area contributed by atoms with E-state index in [-0.39, 0.29) is 6.04 Å². The van der Waals surface area contributed by atoms with E-state index in [9.17, 15) is 8.42 Å².